The molecule has 2 aromatic carbocycles. The molecule has 28 heavy (non-hydrogen) atoms. The van der Waals surface area contributed by atoms with E-state index in [1.165, 1.54) is 19.3 Å². The predicted octanol–water partition coefficient (Wildman–Crippen LogP) is 4.07. The molecular formula is C22H27ClN2O3. The highest BCUT2D eigenvalue weighted by atomic mass is 35.5. The molecule has 1 N–H and O–H groups in total. The van der Waals surface area contributed by atoms with E-state index in [4.69, 9.17) is 21.1 Å². The predicted molar refractivity (Wildman–Crippen MR) is 111 cm³/mol. The van der Waals surface area contributed by atoms with Crippen molar-refractivity contribution in [3.8, 4) is 11.5 Å². The van der Waals surface area contributed by atoms with Crippen molar-refractivity contribution >= 4 is 17.5 Å². The van der Waals surface area contributed by atoms with E-state index in [9.17, 15) is 4.79 Å². The molecule has 5 nitrogen and oxygen atoms in total. The van der Waals surface area contributed by atoms with E-state index in [0.717, 1.165) is 23.7 Å². The third-order valence-electron chi connectivity index (χ3n) is 5.01. The summed E-state index contributed by atoms with van der Waals surface area (Å²) in [7, 11) is 1.58. The fourth-order valence-electron chi connectivity index (χ4n) is 3.52. The van der Waals surface area contributed by atoms with Gasteiger partial charge < -0.3 is 14.8 Å². The van der Waals surface area contributed by atoms with Crippen LogP contribution in [-0.4, -0.2) is 44.2 Å². The Morgan fingerprint density at radius 1 is 1.07 bits per heavy atom. The lowest BCUT2D eigenvalue weighted by atomic mass is 10.0. The van der Waals surface area contributed by atoms with Crippen LogP contribution in [0.1, 0.15) is 30.9 Å². The number of para-hydroxylation sites is 2. The number of amides is 1. The van der Waals surface area contributed by atoms with E-state index in [1.807, 2.05) is 36.4 Å². The van der Waals surface area contributed by atoms with Crippen molar-refractivity contribution in [1.82, 2.24) is 10.2 Å². The number of carbonyl (C=O) groups is 1. The molecule has 6 heteroatoms. The average Bonchev–Trinajstić information content (AvgIpc) is 2.74. The van der Waals surface area contributed by atoms with Crippen LogP contribution in [0.15, 0.2) is 48.5 Å². The summed E-state index contributed by atoms with van der Waals surface area (Å²) in [4.78, 5) is 14.8. The maximum Gasteiger partial charge on any atom is 0.258 e. The number of ether oxygens (including phenoxy) is 2. The fraction of sp³-hybridized carbons (Fsp3) is 0.409. The van der Waals surface area contributed by atoms with Gasteiger partial charge in [-0.15, -0.1) is 0 Å². The molecule has 1 heterocycles. The van der Waals surface area contributed by atoms with Crippen LogP contribution in [0.5, 0.6) is 11.5 Å². The van der Waals surface area contributed by atoms with Crippen molar-refractivity contribution in [1.29, 1.82) is 0 Å². The summed E-state index contributed by atoms with van der Waals surface area (Å²) in [6.45, 7) is 2.57. The lowest BCUT2D eigenvalue weighted by molar-refractivity contribution is -0.123. The summed E-state index contributed by atoms with van der Waals surface area (Å²) in [5.74, 6) is 1.02. The second-order valence-corrected chi connectivity index (χ2v) is 7.34. The van der Waals surface area contributed by atoms with Gasteiger partial charge in [-0.05, 0) is 55.8 Å². The summed E-state index contributed by atoms with van der Waals surface area (Å²) in [5.41, 5.74) is 1.16. The van der Waals surface area contributed by atoms with E-state index in [-0.39, 0.29) is 18.6 Å². The molecule has 2 aromatic rings. The first-order chi connectivity index (χ1) is 13.7. The number of halogens is 1. The molecule has 1 amide bonds. The Morgan fingerprint density at radius 2 is 1.75 bits per heavy atom. The quantitative estimate of drug-likeness (QED) is 0.723. The zero-order chi connectivity index (χ0) is 19.8. The van der Waals surface area contributed by atoms with Crippen LogP contribution < -0.4 is 14.8 Å². The molecular weight excluding hydrogens is 376 g/mol. The minimum atomic E-state index is -0.151. The maximum absolute atomic E-state index is 12.4. The van der Waals surface area contributed by atoms with Gasteiger partial charge in [0.2, 0.25) is 0 Å². The van der Waals surface area contributed by atoms with Gasteiger partial charge in [-0.1, -0.05) is 42.3 Å². The van der Waals surface area contributed by atoms with E-state index < -0.39 is 0 Å². The monoisotopic (exact) mass is 402 g/mol. The number of hydrogen-bond acceptors (Lipinski definition) is 4. The van der Waals surface area contributed by atoms with E-state index in [0.29, 0.717) is 18.0 Å². The Balaban J connectivity index is 1.59. The van der Waals surface area contributed by atoms with Crippen molar-refractivity contribution < 1.29 is 14.3 Å². The van der Waals surface area contributed by atoms with Crippen LogP contribution in [0.25, 0.3) is 0 Å². The molecule has 0 aromatic heterocycles. The van der Waals surface area contributed by atoms with Crippen molar-refractivity contribution in [2.75, 3.05) is 33.4 Å². The van der Waals surface area contributed by atoms with Crippen LogP contribution in [0.3, 0.4) is 0 Å². The first-order valence-electron chi connectivity index (χ1n) is 9.69. The molecule has 0 radical (unpaired) electrons. The average molecular weight is 403 g/mol. The number of likely N-dealkylation sites (tertiary alicyclic amines) is 1. The number of methoxy groups -OCH3 is 1. The van der Waals surface area contributed by atoms with Crippen molar-refractivity contribution in [3.63, 3.8) is 0 Å². The third-order valence-corrected chi connectivity index (χ3v) is 5.26. The first-order valence-corrected chi connectivity index (χ1v) is 10.1. The van der Waals surface area contributed by atoms with Gasteiger partial charge in [-0.25, -0.2) is 0 Å². The standard InChI is InChI=1S/C22H27ClN2O3/c1-27-20-7-3-4-8-21(20)28-16-22(26)24-15-19(25-13-5-2-6-14-25)17-9-11-18(23)12-10-17/h3-4,7-12,19H,2,5-6,13-16H2,1H3,(H,24,26)/t19-/m0/s1. The Bertz CT molecular complexity index is 761. The molecule has 0 spiro atoms. The zero-order valence-electron chi connectivity index (χ0n) is 16.2. The molecule has 0 saturated carbocycles. The van der Waals surface area contributed by atoms with Crippen molar-refractivity contribution in [2.24, 2.45) is 0 Å². The topological polar surface area (TPSA) is 50.8 Å². The van der Waals surface area contributed by atoms with Gasteiger partial charge >= 0.3 is 0 Å². The number of nitrogens with one attached hydrogen (secondary N) is 1. The molecule has 3 rings (SSSR count). The first kappa shape index (κ1) is 20.5. The van der Waals surface area contributed by atoms with Gasteiger partial charge in [-0.3, -0.25) is 9.69 Å². The number of benzene rings is 2. The van der Waals surface area contributed by atoms with Crippen LogP contribution in [0.4, 0.5) is 0 Å². The lowest BCUT2D eigenvalue weighted by Crippen LogP contribution is -2.41. The molecule has 1 atom stereocenters. The SMILES string of the molecule is COc1ccccc1OCC(=O)NC[C@@H](c1ccc(Cl)cc1)N1CCCCC1. The summed E-state index contributed by atoms with van der Waals surface area (Å²) < 4.78 is 10.9. The van der Waals surface area contributed by atoms with Gasteiger partial charge in [0, 0.05) is 11.6 Å². The van der Waals surface area contributed by atoms with E-state index in [2.05, 4.69) is 10.2 Å². The summed E-state index contributed by atoms with van der Waals surface area (Å²) in [6, 6.07) is 15.3. The van der Waals surface area contributed by atoms with Crippen molar-refractivity contribution in [2.45, 2.75) is 25.3 Å². The van der Waals surface area contributed by atoms with Crippen LogP contribution in [0.2, 0.25) is 5.02 Å². The number of hydrogen-bond donors (Lipinski definition) is 1. The number of nitrogens with zero attached hydrogens (tertiary/aromatic N) is 1. The van der Waals surface area contributed by atoms with E-state index >= 15 is 0 Å². The highest BCUT2D eigenvalue weighted by Gasteiger charge is 2.23. The smallest absolute Gasteiger partial charge is 0.258 e. The molecule has 1 aliphatic heterocycles. The van der Waals surface area contributed by atoms with Crippen LogP contribution in [-0.2, 0) is 4.79 Å². The molecule has 0 bridgehead atoms. The number of carbonyl (C=O) groups excluding carboxylic acids is 1. The Labute approximate surface area is 171 Å². The fourth-order valence-corrected chi connectivity index (χ4v) is 3.64. The minimum Gasteiger partial charge on any atom is -0.493 e. The maximum atomic E-state index is 12.4. The van der Waals surface area contributed by atoms with Gasteiger partial charge in [0.05, 0.1) is 13.2 Å². The van der Waals surface area contributed by atoms with Gasteiger partial charge in [0.25, 0.3) is 5.91 Å². The molecule has 1 aliphatic rings. The van der Waals surface area contributed by atoms with Gasteiger partial charge in [0.15, 0.2) is 18.1 Å². The molecule has 150 valence electrons. The summed E-state index contributed by atoms with van der Waals surface area (Å²) >= 11 is 6.04. The van der Waals surface area contributed by atoms with Crippen LogP contribution >= 0.6 is 11.6 Å². The second kappa shape index (κ2) is 10.3. The van der Waals surface area contributed by atoms with Gasteiger partial charge in [-0.2, -0.15) is 0 Å². The van der Waals surface area contributed by atoms with Gasteiger partial charge in [0.1, 0.15) is 0 Å². The Hall–Kier alpha value is -2.24. The molecule has 1 saturated heterocycles. The Morgan fingerprint density at radius 3 is 2.43 bits per heavy atom. The summed E-state index contributed by atoms with van der Waals surface area (Å²) in [5, 5.41) is 3.74. The zero-order valence-corrected chi connectivity index (χ0v) is 17.0. The van der Waals surface area contributed by atoms with Crippen molar-refractivity contribution in [3.05, 3.63) is 59.1 Å². The Kier molecular flexibility index (Phi) is 7.57. The second-order valence-electron chi connectivity index (χ2n) is 6.91. The molecule has 1 fully saturated rings. The largest absolute Gasteiger partial charge is 0.493 e. The molecule has 0 unspecified atom stereocenters. The normalized spacial score (nSPS) is 15.6. The highest BCUT2D eigenvalue weighted by molar-refractivity contribution is 6.30. The van der Waals surface area contributed by atoms with E-state index in [1.54, 1.807) is 19.2 Å². The highest BCUT2D eigenvalue weighted by Crippen LogP contribution is 2.26. The number of rotatable bonds is 8. The third kappa shape index (κ3) is 5.63. The van der Waals surface area contributed by atoms with Crippen LogP contribution in [0, 0.1) is 0 Å². The minimum absolute atomic E-state index is 0.0479. The number of piperidine rings is 1. The lowest BCUT2D eigenvalue weighted by Gasteiger charge is -2.35. The summed E-state index contributed by atoms with van der Waals surface area (Å²) in [6.07, 6.45) is 3.65. The molecule has 0 aliphatic carbocycles.